The number of ether oxygens (including phenoxy) is 1. The third-order valence-corrected chi connectivity index (χ3v) is 3.73. The first-order chi connectivity index (χ1) is 7.33. The van der Waals surface area contributed by atoms with Gasteiger partial charge in [0.1, 0.15) is 0 Å². The summed E-state index contributed by atoms with van der Waals surface area (Å²) < 4.78 is 4.91. The first-order valence-corrected chi connectivity index (χ1v) is 6.52. The number of aliphatic imine (C=N–C) groups is 1. The van der Waals surface area contributed by atoms with Crippen LogP contribution in [0.25, 0.3) is 0 Å². The van der Waals surface area contributed by atoms with E-state index < -0.39 is 0 Å². The van der Waals surface area contributed by atoms with Crippen LogP contribution in [0, 0.1) is 0 Å². The summed E-state index contributed by atoms with van der Waals surface area (Å²) in [6, 6.07) is 0. The predicted molar refractivity (Wildman–Crippen MR) is 66.5 cm³/mol. The third-order valence-electron chi connectivity index (χ3n) is 2.35. The monoisotopic (exact) mass is 231 g/mol. The van der Waals surface area contributed by atoms with Crippen LogP contribution in [0.2, 0.25) is 0 Å². The Bertz CT molecular complexity index is 193. The zero-order valence-electron chi connectivity index (χ0n) is 9.37. The smallest absolute Gasteiger partial charge is 0.188 e. The molecule has 4 nitrogen and oxygen atoms in total. The van der Waals surface area contributed by atoms with Crippen molar-refractivity contribution in [1.29, 1.82) is 0 Å². The zero-order chi connectivity index (χ0) is 10.9. The standard InChI is InChI=1S/C10H21N3OS/c1-14-6-5-12-10(11)13-8-9-4-2-3-7-15-9/h9H,2-8H2,1H3,(H3,11,12,13). The van der Waals surface area contributed by atoms with E-state index >= 15 is 0 Å². The van der Waals surface area contributed by atoms with Gasteiger partial charge in [-0.3, -0.25) is 4.99 Å². The molecule has 1 fully saturated rings. The number of thioether (sulfide) groups is 1. The van der Waals surface area contributed by atoms with Crippen LogP contribution in [0.3, 0.4) is 0 Å². The highest BCUT2D eigenvalue weighted by molar-refractivity contribution is 7.99. The molecule has 0 saturated carbocycles. The van der Waals surface area contributed by atoms with E-state index in [9.17, 15) is 0 Å². The van der Waals surface area contributed by atoms with E-state index in [1.807, 2.05) is 11.8 Å². The maximum atomic E-state index is 5.71. The molecule has 0 bridgehead atoms. The molecule has 1 aliphatic heterocycles. The molecule has 5 heteroatoms. The number of nitrogens with one attached hydrogen (secondary N) is 1. The van der Waals surface area contributed by atoms with Crippen LogP contribution in [0.1, 0.15) is 19.3 Å². The lowest BCUT2D eigenvalue weighted by atomic mass is 10.2. The number of guanidine groups is 1. The van der Waals surface area contributed by atoms with Crippen LogP contribution in [0.5, 0.6) is 0 Å². The SMILES string of the molecule is COCCNC(N)=NCC1CCCCS1. The van der Waals surface area contributed by atoms with Gasteiger partial charge >= 0.3 is 0 Å². The molecular weight excluding hydrogens is 210 g/mol. The number of nitrogens with zero attached hydrogens (tertiary/aromatic N) is 1. The fourth-order valence-corrected chi connectivity index (χ4v) is 2.71. The fourth-order valence-electron chi connectivity index (χ4n) is 1.49. The molecule has 1 rings (SSSR count). The van der Waals surface area contributed by atoms with Crippen molar-refractivity contribution in [2.45, 2.75) is 24.5 Å². The molecule has 0 amide bonds. The Kier molecular flexibility index (Phi) is 6.59. The predicted octanol–water partition coefficient (Wildman–Crippen LogP) is 0.823. The first-order valence-electron chi connectivity index (χ1n) is 5.47. The van der Waals surface area contributed by atoms with Crippen LogP contribution in [-0.2, 0) is 4.74 Å². The van der Waals surface area contributed by atoms with E-state index in [0.29, 0.717) is 17.8 Å². The van der Waals surface area contributed by atoms with Crippen molar-refractivity contribution < 1.29 is 4.74 Å². The Labute approximate surface area is 96.0 Å². The summed E-state index contributed by atoms with van der Waals surface area (Å²) in [5.74, 6) is 1.82. The summed E-state index contributed by atoms with van der Waals surface area (Å²) in [5, 5.41) is 3.68. The molecule has 3 N–H and O–H groups in total. The normalized spacial score (nSPS) is 22.7. The van der Waals surface area contributed by atoms with E-state index in [0.717, 1.165) is 13.1 Å². The van der Waals surface area contributed by atoms with E-state index in [-0.39, 0.29) is 0 Å². The van der Waals surface area contributed by atoms with Gasteiger partial charge < -0.3 is 15.8 Å². The van der Waals surface area contributed by atoms with Crippen LogP contribution < -0.4 is 11.1 Å². The first kappa shape index (κ1) is 12.6. The highest BCUT2D eigenvalue weighted by atomic mass is 32.2. The topological polar surface area (TPSA) is 59.6 Å². The summed E-state index contributed by atoms with van der Waals surface area (Å²) in [4.78, 5) is 4.33. The summed E-state index contributed by atoms with van der Waals surface area (Å²) in [5.41, 5.74) is 5.71. The molecule has 0 aromatic carbocycles. The average molecular weight is 231 g/mol. The molecule has 1 heterocycles. The van der Waals surface area contributed by atoms with Gasteiger partial charge in [0.2, 0.25) is 0 Å². The summed E-state index contributed by atoms with van der Waals surface area (Å²) in [6.07, 6.45) is 3.97. The van der Waals surface area contributed by atoms with E-state index in [2.05, 4.69) is 10.3 Å². The van der Waals surface area contributed by atoms with Crippen molar-refractivity contribution in [2.24, 2.45) is 10.7 Å². The summed E-state index contributed by atoms with van der Waals surface area (Å²) in [7, 11) is 1.67. The molecule has 88 valence electrons. The number of nitrogens with two attached hydrogens (primary N) is 1. The minimum Gasteiger partial charge on any atom is -0.383 e. The lowest BCUT2D eigenvalue weighted by molar-refractivity contribution is 0.204. The second kappa shape index (κ2) is 7.82. The molecular formula is C10H21N3OS. The van der Waals surface area contributed by atoms with E-state index in [1.54, 1.807) is 7.11 Å². The maximum absolute atomic E-state index is 5.71. The molecule has 1 unspecified atom stereocenters. The Morgan fingerprint density at radius 2 is 2.47 bits per heavy atom. The Morgan fingerprint density at radius 3 is 3.13 bits per heavy atom. The molecule has 15 heavy (non-hydrogen) atoms. The molecule has 0 aromatic heterocycles. The van der Waals surface area contributed by atoms with Gasteiger partial charge in [-0.05, 0) is 18.6 Å². The minimum absolute atomic E-state index is 0.540. The molecule has 0 radical (unpaired) electrons. The number of methoxy groups -OCH3 is 1. The maximum Gasteiger partial charge on any atom is 0.188 e. The van der Waals surface area contributed by atoms with Gasteiger partial charge in [0, 0.05) is 18.9 Å². The molecule has 1 saturated heterocycles. The molecule has 0 aliphatic carbocycles. The number of hydrogen-bond acceptors (Lipinski definition) is 3. The molecule has 1 atom stereocenters. The summed E-state index contributed by atoms with van der Waals surface area (Å²) >= 11 is 2.02. The van der Waals surface area contributed by atoms with Gasteiger partial charge in [0.25, 0.3) is 0 Å². The van der Waals surface area contributed by atoms with Crippen molar-refractivity contribution in [1.82, 2.24) is 5.32 Å². The van der Waals surface area contributed by atoms with Gasteiger partial charge in [-0.1, -0.05) is 6.42 Å². The minimum atomic E-state index is 0.540. The summed E-state index contributed by atoms with van der Waals surface area (Å²) in [6.45, 7) is 2.23. The Hall–Kier alpha value is -0.420. The average Bonchev–Trinajstić information content (AvgIpc) is 2.28. The van der Waals surface area contributed by atoms with Crippen molar-refractivity contribution in [3.05, 3.63) is 0 Å². The number of hydrogen-bond donors (Lipinski definition) is 2. The van der Waals surface area contributed by atoms with Gasteiger partial charge in [-0.25, -0.2) is 0 Å². The van der Waals surface area contributed by atoms with Crippen molar-refractivity contribution >= 4 is 17.7 Å². The highest BCUT2D eigenvalue weighted by Gasteiger charge is 2.12. The third kappa shape index (κ3) is 5.89. The second-order valence-corrected chi connectivity index (χ2v) is 5.04. The van der Waals surface area contributed by atoms with Gasteiger partial charge in [-0.2, -0.15) is 11.8 Å². The Morgan fingerprint density at radius 1 is 1.60 bits per heavy atom. The van der Waals surface area contributed by atoms with Crippen molar-refractivity contribution in [3.63, 3.8) is 0 Å². The number of rotatable bonds is 5. The quantitative estimate of drug-likeness (QED) is 0.418. The zero-order valence-corrected chi connectivity index (χ0v) is 10.2. The lowest BCUT2D eigenvalue weighted by Crippen LogP contribution is -2.34. The lowest BCUT2D eigenvalue weighted by Gasteiger charge is -2.19. The molecule has 0 spiro atoms. The van der Waals surface area contributed by atoms with E-state index in [4.69, 9.17) is 10.5 Å². The van der Waals surface area contributed by atoms with Crippen LogP contribution in [0.15, 0.2) is 4.99 Å². The Balaban J connectivity index is 2.11. The van der Waals surface area contributed by atoms with Gasteiger partial charge in [0.15, 0.2) is 5.96 Å². The second-order valence-electron chi connectivity index (χ2n) is 3.63. The van der Waals surface area contributed by atoms with Crippen LogP contribution in [-0.4, -0.2) is 43.8 Å². The molecule has 0 aromatic rings. The highest BCUT2D eigenvalue weighted by Crippen LogP contribution is 2.24. The van der Waals surface area contributed by atoms with Gasteiger partial charge in [0.05, 0.1) is 13.2 Å². The van der Waals surface area contributed by atoms with Crippen molar-refractivity contribution in [2.75, 3.05) is 32.6 Å². The van der Waals surface area contributed by atoms with Crippen molar-refractivity contribution in [3.8, 4) is 0 Å². The fraction of sp³-hybridized carbons (Fsp3) is 0.900. The largest absolute Gasteiger partial charge is 0.383 e. The van der Waals surface area contributed by atoms with Crippen LogP contribution in [0.4, 0.5) is 0 Å². The van der Waals surface area contributed by atoms with E-state index in [1.165, 1.54) is 25.0 Å². The molecule has 1 aliphatic rings. The van der Waals surface area contributed by atoms with Crippen LogP contribution >= 0.6 is 11.8 Å². The van der Waals surface area contributed by atoms with Gasteiger partial charge in [-0.15, -0.1) is 0 Å².